The molecule has 5 nitrogen and oxygen atoms in total. The Balaban J connectivity index is 2.27. The van der Waals surface area contributed by atoms with Crippen molar-refractivity contribution in [2.45, 2.75) is 30.0 Å². The number of nitrogens with zero attached hydrogens (tertiary/aromatic N) is 2. The lowest BCUT2D eigenvalue weighted by molar-refractivity contribution is -0.141. The maximum absolute atomic E-state index is 12.4. The summed E-state index contributed by atoms with van der Waals surface area (Å²) >= 11 is 0. The van der Waals surface area contributed by atoms with Crippen LogP contribution in [0.3, 0.4) is 0 Å². The lowest BCUT2D eigenvalue weighted by Crippen LogP contribution is -2.38. The lowest BCUT2D eigenvalue weighted by atomic mass is 10.2. The van der Waals surface area contributed by atoms with Crippen LogP contribution in [0.15, 0.2) is 23.2 Å². The molecule has 0 saturated carbocycles. The van der Waals surface area contributed by atoms with E-state index in [0.717, 1.165) is 12.3 Å². The molecule has 118 valence electrons. The van der Waals surface area contributed by atoms with Crippen LogP contribution < -0.4 is 0 Å². The van der Waals surface area contributed by atoms with E-state index in [1.54, 1.807) is 0 Å². The molecule has 21 heavy (non-hydrogen) atoms. The number of hydrogen-bond acceptors (Lipinski definition) is 4. The van der Waals surface area contributed by atoms with Crippen molar-refractivity contribution in [2.24, 2.45) is 0 Å². The number of rotatable bonds is 4. The number of hydrogen-bond donors (Lipinski definition) is 0. The number of pyridine rings is 1. The second kappa shape index (κ2) is 5.90. The average molecular weight is 324 g/mol. The van der Waals surface area contributed by atoms with Crippen molar-refractivity contribution in [3.8, 4) is 0 Å². The molecule has 0 radical (unpaired) electrons. The van der Waals surface area contributed by atoms with E-state index in [4.69, 9.17) is 4.74 Å². The molecule has 0 aromatic carbocycles. The van der Waals surface area contributed by atoms with Crippen molar-refractivity contribution < 1.29 is 26.3 Å². The largest absolute Gasteiger partial charge is 0.433 e. The van der Waals surface area contributed by atoms with Gasteiger partial charge in [0.1, 0.15) is 10.6 Å². The molecule has 0 aliphatic carbocycles. The van der Waals surface area contributed by atoms with E-state index in [0.29, 0.717) is 25.5 Å². The van der Waals surface area contributed by atoms with E-state index >= 15 is 0 Å². The standard InChI is InChI=1S/C12H15F3N2O3S/c1-20-8-9-3-2-6-17(9)21(18,19)10-4-5-11(16-7-10)12(13,14)15/h4-5,7,9H,2-3,6,8H2,1H3/t9-/m1/s1. The van der Waals surface area contributed by atoms with E-state index in [1.807, 2.05) is 0 Å². The summed E-state index contributed by atoms with van der Waals surface area (Å²) in [5, 5.41) is 0. The first-order valence-electron chi connectivity index (χ1n) is 6.31. The molecule has 0 N–H and O–H groups in total. The summed E-state index contributed by atoms with van der Waals surface area (Å²) in [6.45, 7) is 0.588. The van der Waals surface area contributed by atoms with Crippen molar-refractivity contribution in [2.75, 3.05) is 20.3 Å². The number of halogens is 3. The van der Waals surface area contributed by atoms with Crippen molar-refractivity contribution in [3.05, 3.63) is 24.0 Å². The van der Waals surface area contributed by atoms with Crippen LogP contribution in [0.2, 0.25) is 0 Å². The zero-order valence-corrected chi connectivity index (χ0v) is 12.1. The Kier molecular flexibility index (Phi) is 4.54. The van der Waals surface area contributed by atoms with Gasteiger partial charge in [0.25, 0.3) is 0 Å². The monoisotopic (exact) mass is 324 g/mol. The molecule has 2 rings (SSSR count). The molecule has 0 bridgehead atoms. The zero-order chi connectivity index (χ0) is 15.7. The highest BCUT2D eigenvalue weighted by Crippen LogP contribution is 2.30. The number of alkyl halides is 3. The summed E-state index contributed by atoms with van der Waals surface area (Å²) < 4.78 is 68.4. The van der Waals surface area contributed by atoms with Gasteiger partial charge in [0.15, 0.2) is 0 Å². The van der Waals surface area contributed by atoms with Crippen LogP contribution in [-0.2, 0) is 20.9 Å². The number of ether oxygens (including phenoxy) is 1. The lowest BCUT2D eigenvalue weighted by Gasteiger charge is -2.23. The van der Waals surface area contributed by atoms with Gasteiger partial charge in [-0.3, -0.25) is 4.98 Å². The molecular weight excluding hydrogens is 309 g/mol. The van der Waals surface area contributed by atoms with Crippen LogP contribution in [-0.4, -0.2) is 44.0 Å². The van der Waals surface area contributed by atoms with Crippen LogP contribution >= 0.6 is 0 Å². The van der Waals surface area contributed by atoms with Gasteiger partial charge >= 0.3 is 6.18 Å². The molecule has 1 aliphatic heterocycles. The van der Waals surface area contributed by atoms with Gasteiger partial charge in [0, 0.05) is 25.9 Å². The van der Waals surface area contributed by atoms with E-state index in [2.05, 4.69) is 4.98 Å². The highest BCUT2D eigenvalue weighted by Gasteiger charge is 2.37. The fourth-order valence-corrected chi connectivity index (χ4v) is 3.95. The molecular formula is C12H15F3N2O3S. The van der Waals surface area contributed by atoms with E-state index in [9.17, 15) is 21.6 Å². The third-order valence-corrected chi connectivity index (χ3v) is 5.25. The highest BCUT2D eigenvalue weighted by molar-refractivity contribution is 7.89. The van der Waals surface area contributed by atoms with Gasteiger partial charge in [0.05, 0.1) is 6.61 Å². The van der Waals surface area contributed by atoms with Crippen molar-refractivity contribution in [3.63, 3.8) is 0 Å². The molecule has 0 unspecified atom stereocenters. The quantitative estimate of drug-likeness (QED) is 0.849. The second-order valence-corrected chi connectivity index (χ2v) is 6.63. The Morgan fingerprint density at radius 1 is 1.43 bits per heavy atom. The minimum Gasteiger partial charge on any atom is -0.383 e. The Hall–Kier alpha value is -1.19. The summed E-state index contributed by atoms with van der Waals surface area (Å²) in [5.41, 5.74) is -1.11. The van der Waals surface area contributed by atoms with Gasteiger partial charge in [0.2, 0.25) is 10.0 Å². The summed E-state index contributed by atoms with van der Waals surface area (Å²) in [4.78, 5) is 2.96. The van der Waals surface area contributed by atoms with Crippen LogP contribution in [0.1, 0.15) is 18.5 Å². The maximum Gasteiger partial charge on any atom is 0.433 e. The molecule has 2 heterocycles. The molecule has 1 saturated heterocycles. The van der Waals surface area contributed by atoms with Gasteiger partial charge < -0.3 is 4.74 Å². The van der Waals surface area contributed by atoms with Gasteiger partial charge in [-0.25, -0.2) is 8.42 Å². The summed E-state index contributed by atoms with van der Waals surface area (Å²) in [5.74, 6) is 0. The van der Waals surface area contributed by atoms with E-state index < -0.39 is 21.9 Å². The highest BCUT2D eigenvalue weighted by atomic mass is 32.2. The molecule has 1 fully saturated rings. The molecule has 1 atom stereocenters. The summed E-state index contributed by atoms with van der Waals surface area (Å²) in [6.07, 6.45) is -2.47. The number of sulfonamides is 1. The van der Waals surface area contributed by atoms with Crippen LogP contribution in [0.4, 0.5) is 13.2 Å². The Bertz CT molecular complexity index is 587. The van der Waals surface area contributed by atoms with Gasteiger partial charge in [-0.2, -0.15) is 17.5 Å². The molecule has 9 heteroatoms. The Morgan fingerprint density at radius 2 is 2.14 bits per heavy atom. The normalized spacial score (nSPS) is 20.9. The number of aromatic nitrogens is 1. The van der Waals surface area contributed by atoms with Crippen molar-refractivity contribution in [1.82, 2.24) is 9.29 Å². The molecule has 1 aromatic rings. The van der Waals surface area contributed by atoms with E-state index in [1.165, 1.54) is 11.4 Å². The Labute approximate surface area is 120 Å². The fraction of sp³-hybridized carbons (Fsp3) is 0.583. The SMILES string of the molecule is COC[C@H]1CCCN1S(=O)(=O)c1ccc(C(F)(F)F)nc1. The molecule has 0 amide bonds. The van der Waals surface area contributed by atoms with Crippen molar-refractivity contribution in [1.29, 1.82) is 0 Å². The van der Waals surface area contributed by atoms with Crippen LogP contribution in [0, 0.1) is 0 Å². The topological polar surface area (TPSA) is 59.5 Å². The van der Waals surface area contributed by atoms with Gasteiger partial charge in [-0.1, -0.05) is 0 Å². The third-order valence-electron chi connectivity index (χ3n) is 3.32. The average Bonchev–Trinajstić information content (AvgIpc) is 2.87. The maximum atomic E-state index is 12.4. The second-order valence-electron chi connectivity index (χ2n) is 4.74. The summed E-state index contributed by atoms with van der Waals surface area (Å²) in [6, 6.07) is 1.32. The first-order chi connectivity index (χ1) is 9.76. The van der Waals surface area contributed by atoms with Crippen LogP contribution in [0.25, 0.3) is 0 Å². The molecule has 1 aromatic heterocycles. The molecule has 1 aliphatic rings. The number of methoxy groups -OCH3 is 1. The predicted octanol–water partition coefficient (Wildman–Crippen LogP) is 1.90. The van der Waals surface area contributed by atoms with Crippen LogP contribution in [0.5, 0.6) is 0 Å². The zero-order valence-electron chi connectivity index (χ0n) is 11.3. The first-order valence-corrected chi connectivity index (χ1v) is 7.75. The summed E-state index contributed by atoms with van der Waals surface area (Å²) in [7, 11) is -2.37. The predicted molar refractivity (Wildman–Crippen MR) is 68.0 cm³/mol. The third kappa shape index (κ3) is 3.35. The van der Waals surface area contributed by atoms with E-state index in [-0.39, 0.29) is 17.5 Å². The first kappa shape index (κ1) is 16.2. The minimum atomic E-state index is -4.59. The van der Waals surface area contributed by atoms with Crippen molar-refractivity contribution >= 4 is 10.0 Å². The Morgan fingerprint density at radius 3 is 2.67 bits per heavy atom. The molecule has 0 spiro atoms. The van der Waals surface area contributed by atoms with Gasteiger partial charge in [-0.15, -0.1) is 0 Å². The minimum absolute atomic E-state index is 0.237. The van der Waals surface area contributed by atoms with Gasteiger partial charge in [-0.05, 0) is 25.0 Å². The smallest absolute Gasteiger partial charge is 0.383 e. The fourth-order valence-electron chi connectivity index (χ4n) is 2.32.